The van der Waals surface area contributed by atoms with Crippen LogP contribution in [0.5, 0.6) is 5.75 Å². The number of fused-ring (bicyclic) bond motifs is 1. The number of halogens is 1. The number of carbonyl (C=O) groups excluding carboxylic acids is 1. The molecule has 0 spiro atoms. The summed E-state index contributed by atoms with van der Waals surface area (Å²) in [5.41, 5.74) is 4.89. The molecule has 0 unspecified atom stereocenters. The fourth-order valence-electron chi connectivity index (χ4n) is 4.88. The van der Waals surface area contributed by atoms with Gasteiger partial charge in [-0.2, -0.15) is 0 Å². The number of ether oxygens (including phenoxy) is 1. The highest BCUT2D eigenvalue weighted by molar-refractivity contribution is 7.16. The molecular formula is C33H33ClN2O2S. The lowest BCUT2D eigenvalue weighted by atomic mass is 9.72. The lowest BCUT2D eigenvalue weighted by Crippen LogP contribution is -2.27. The van der Waals surface area contributed by atoms with Crippen LogP contribution < -0.4 is 10.1 Å². The summed E-state index contributed by atoms with van der Waals surface area (Å²) in [6, 6.07) is 25.1. The van der Waals surface area contributed by atoms with Crippen LogP contribution in [-0.4, -0.2) is 12.1 Å². The summed E-state index contributed by atoms with van der Waals surface area (Å²) in [4.78, 5) is 19.6. The second-order valence-electron chi connectivity index (χ2n) is 11.1. The second kappa shape index (κ2) is 11.8. The van der Waals surface area contributed by atoms with E-state index in [0.29, 0.717) is 23.1 Å². The molecule has 1 aliphatic carbocycles. The second-order valence-corrected chi connectivity index (χ2v) is 12.6. The fraction of sp³-hybridized carbons (Fsp3) is 0.273. The van der Waals surface area contributed by atoms with Gasteiger partial charge in [-0.3, -0.25) is 4.79 Å². The van der Waals surface area contributed by atoms with Gasteiger partial charge < -0.3 is 10.1 Å². The van der Waals surface area contributed by atoms with E-state index in [9.17, 15) is 4.79 Å². The van der Waals surface area contributed by atoms with Gasteiger partial charge in [-0.1, -0.05) is 62.7 Å². The molecule has 0 fully saturated rings. The third kappa shape index (κ3) is 6.78. The average Bonchev–Trinajstić information content (AvgIpc) is 3.30. The van der Waals surface area contributed by atoms with Gasteiger partial charge in [0, 0.05) is 21.8 Å². The molecule has 39 heavy (non-hydrogen) atoms. The molecule has 0 radical (unpaired) electrons. The number of amides is 1. The van der Waals surface area contributed by atoms with E-state index in [1.807, 2.05) is 85.1 Å². The van der Waals surface area contributed by atoms with Crippen molar-refractivity contribution in [1.82, 2.24) is 0 Å². The Labute approximate surface area is 239 Å². The summed E-state index contributed by atoms with van der Waals surface area (Å²) in [6.45, 7) is 7.39. The minimum absolute atomic E-state index is 0.0917. The van der Waals surface area contributed by atoms with Gasteiger partial charge in [-0.05, 0) is 95.8 Å². The molecule has 1 N–H and O–H groups in total. The smallest absolute Gasteiger partial charge is 0.259 e. The van der Waals surface area contributed by atoms with E-state index >= 15 is 0 Å². The first-order valence-electron chi connectivity index (χ1n) is 13.3. The number of para-hydroxylation sites is 1. The molecule has 1 aliphatic rings. The number of nitrogens with one attached hydrogen (secondary N) is 1. The normalized spacial score (nSPS) is 15.2. The molecule has 1 amide bonds. The van der Waals surface area contributed by atoms with Crippen LogP contribution >= 0.6 is 22.9 Å². The van der Waals surface area contributed by atoms with E-state index in [4.69, 9.17) is 21.3 Å². The Balaban J connectivity index is 1.35. The molecular weight excluding hydrogens is 524 g/mol. The summed E-state index contributed by atoms with van der Waals surface area (Å²) >= 11 is 7.62. The van der Waals surface area contributed by atoms with E-state index in [-0.39, 0.29) is 11.3 Å². The molecule has 0 saturated heterocycles. The summed E-state index contributed by atoms with van der Waals surface area (Å²) in [5.74, 6) is 1.28. The molecule has 200 valence electrons. The molecule has 3 aromatic carbocycles. The molecule has 4 aromatic rings. The van der Waals surface area contributed by atoms with E-state index in [1.165, 1.54) is 4.88 Å². The lowest BCUT2D eigenvalue weighted by molar-refractivity contribution is 0.102. The number of carbonyl (C=O) groups is 1. The van der Waals surface area contributed by atoms with E-state index in [0.717, 1.165) is 52.4 Å². The first-order valence-corrected chi connectivity index (χ1v) is 14.5. The van der Waals surface area contributed by atoms with Gasteiger partial charge in [0.05, 0.1) is 5.56 Å². The van der Waals surface area contributed by atoms with Crippen molar-refractivity contribution in [1.29, 1.82) is 0 Å². The van der Waals surface area contributed by atoms with Crippen molar-refractivity contribution in [3.63, 3.8) is 0 Å². The van der Waals surface area contributed by atoms with Crippen LogP contribution in [-0.2, 0) is 19.4 Å². The Hall–Kier alpha value is -3.41. The van der Waals surface area contributed by atoms with Gasteiger partial charge in [0.1, 0.15) is 17.4 Å². The Kier molecular flexibility index (Phi) is 8.20. The van der Waals surface area contributed by atoms with Crippen LogP contribution in [0.4, 0.5) is 10.7 Å². The van der Waals surface area contributed by atoms with Crippen molar-refractivity contribution >= 4 is 45.7 Å². The van der Waals surface area contributed by atoms with Gasteiger partial charge in [0.15, 0.2) is 0 Å². The summed E-state index contributed by atoms with van der Waals surface area (Å²) in [5, 5.41) is 4.56. The molecule has 1 aromatic heterocycles. The van der Waals surface area contributed by atoms with Crippen LogP contribution in [0.25, 0.3) is 0 Å². The Morgan fingerprint density at radius 3 is 2.46 bits per heavy atom. The van der Waals surface area contributed by atoms with E-state index in [1.54, 1.807) is 11.3 Å². The van der Waals surface area contributed by atoms with Gasteiger partial charge in [0.25, 0.3) is 5.91 Å². The molecule has 1 atom stereocenters. The quantitative estimate of drug-likeness (QED) is 0.231. The maximum Gasteiger partial charge on any atom is 0.259 e. The lowest BCUT2D eigenvalue weighted by Gasteiger charge is -2.33. The molecule has 5 rings (SSSR count). The maximum absolute atomic E-state index is 13.5. The summed E-state index contributed by atoms with van der Waals surface area (Å²) in [6.07, 6.45) is 4.81. The van der Waals surface area contributed by atoms with Gasteiger partial charge >= 0.3 is 0 Å². The highest BCUT2D eigenvalue weighted by Crippen LogP contribution is 2.45. The topological polar surface area (TPSA) is 50.7 Å². The molecule has 0 bridgehead atoms. The Bertz CT molecular complexity index is 1450. The SMILES string of the molecule is CC(C)(C)[C@H]1CCc2c(sc(N=Cc3ccc(OCc4ccc(Cl)cc4)cc3)c2C(=O)Nc2ccccc2)C1. The zero-order chi connectivity index (χ0) is 27.4. The van der Waals surface area contributed by atoms with Gasteiger partial charge in [0.2, 0.25) is 0 Å². The monoisotopic (exact) mass is 556 g/mol. The zero-order valence-electron chi connectivity index (χ0n) is 22.5. The maximum atomic E-state index is 13.5. The van der Waals surface area contributed by atoms with Crippen molar-refractivity contribution in [3.8, 4) is 5.75 Å². The van der Waals surface area contributed by atoms with Crippen LogP contribution in [0.2, 0.25) is 5.02 Å². The number of aliphatic imine (C=N–C) groups is 1. The minimum atomic E-state index is -0.0917. The first-order chi connectivity index (χ1) is 18.8. The van der Waals surface area contributed by atoms with Crippen molar-refractivity contribution in [2.24, 2.45) is 16.3 Å². The highest BCUT2D eigenvalue weighted by atomic mass is 35.5. The average molecular weight is 557 g/mol. The fourth-order valence-corrected chi connectivity index (χ4v) is 6.28. The predicted molar refractivity (Wildman–Crippen MR) is 163 cm³/mol. The van der Waals surface area contributed by atoms with Crippen LogP contribution in [0.1, 0.15) is 59.1 Å². The molecule has 6 heteroatoms. The molecule has 1 heterocycles. The highest BCUT2D eigenvalue weighted by Gasteiger charge is 2.33. The number of anilines is 1. The standard InChI is InChI=1S/C33H33ClN2O2S/c1-33(2,3)24-13-18-28-29(19-24)39-32(30(28)31(37)36-26-7-5-4-6-8-26)35-20-22-11-16-27(17-12-22)38-21-23-9-14-25(34)15-10-23/h4-12,14-17,20,24H,13,18-19,21H2,1-3H3,(H,36,37)/t24-/m0/s1. The van der Waals surface area contributed by atoms with Crippen molar-refractivity contribution in [2.45, 2.75) is 46.6 Å². The minimum Gasteiger partial charge on any atom is -0.489 e. The van der Waals surface area contributed by atoms with Crippen molar-refractivity contribution in [2.75, 3.05) is 5.32 Å². The molecule has 0 saturated carbocycles. The molecule has 4 nitrogen and oxygen atoms in total. The summed E-state index contributed by atoms with van der Waals surface area (Å²) in [7, 11) is 0. The summed E-state index contributed by atoms with van der Waals surface area (Å²) < 4.78 is 5.91. The Morgan fingerprint density at radius 1 is 1.05 bits per heavy atom. The number of hydrogen-bond acceptors (Lipinski definition) is 4. The third-order valence-electron chi connectivity index (χ3n) is 7.26. The number of benzene rings is 3. The van der Waals surface area contributed by atoms with Crippen LogP contribution in [0.15, 0.2) is 83.9 Å². The third-order valence-corrected chi connectivity index (χ3v) is 8.67. The molecule has 0 aliphatic heterocycles. The number of nitrogens with zero attached hydrogens (tertiary/aromatic N) is 1. The van der Waals surface area contributed by atoms with E-state index in [2.05, 4.69) is 26.1 Å². The van der Waals surface area contributed by atoms with Crippen molar-refractivity contribution < 1.29 is 9.53 Å². The number of rotatable bonds is 7. The number of thiophene rings is 1. The van der Waals surface area contributed by atoms with Gasteiger partial charge in [-0.25, -0.2) is 4.99 Å². The van der Waals surface area contributed by atoms with E-state index < -0.39 is 0 Å². The van der Waals surface area contributed by atoms with Crippen LogP contribution in [0, 0.1) is 11.3 Å². The first kappa shape index (κ1) is 27.2. The Morgan fingerprint density at radius 2 is 1.77 bits per heavy atom. The zero-order valence-corrected chi connectivity index (χ0v) is 24.1. The van der Waals surface area contributed by atoms with Crippen molar-refractivity contribution in [3.05, 3.63) is 111 Å². The van der Waals surface area contributed by atoms with Crippen LogP contribution in [0.3, 0.4) is 0 Å². The van der Waals surface area contributed by atoms with Gasteiger partial charge in [-0.15, -0.1) is 11.3 Å². The predicted octanol–water partition coefficient (Wildman–Crippen LogP) is 9.13. The number of hydrogen-bond donors (Lipinski definition) is 1. The largest absolute Gasteiger partial charge is 0.489 e.